The predicted octanol–water partition coefficient (Wildman–Crippen LogP) is 6.86. The molecule has 2 aromatic carbocycles. The second-order valence-electron chi connectivity index (χ2n) is 6.30. The summed E-state index contributed by atoms with van der Waals surface area (Å²) in [5, 5.41) is 8.88. The number of carboxylic acid groups (broad SMARTS) is 1. The van der Waals surface area contributed by atoms with Gasteiger partial charge >= 0.3 is 5.97 Å². The molecule has 0 spiro atoms. The monoisotopic (exact) mass is 455 g/mol. The van der Waals surface area contributed by atoms with Crippen molar-refractivity contribution < 1.29 is 27.8 Å². The zero-order valence-electron chi connectivity index (χ0n) is 15.4. The first kappa shape index (κ1) is 21.9. The third kappa shape index (κ3) is 4.52. The van der Waals surface area contributed by atoms with Crippen LogP contribution >= 0.6 is 23.2 Å². The van der Waals surface area contributed by atoms with Gasteiger partial charge in [-0.25, -0.2) is 18.0 Å². The van der Waals surface area contributed by atoms with Crippen LogP contribution in [0.25, 0.3) is 17.0 Å². The fraction of sp³-hybridized carbons (Fsp3) is 0.143. The van der Waals surface area contributed by atoms with E-state index in [1.54, 1.807) is 6.92 Å². The van der Waals surface area contributed by atoms with E-state index in [2.05, 4.69) is 4.98 Å². The van der Waals surface area contributed by atoms with Gasteiger partial charge in [-0.05, 0) is 43.3 Å². The molecular formula is C21H14Cl2F3NO3. The van der Waals surface area contributed by atoms with Gasteiger partial charge < -0.3 is 9.84 Å². The van der Waals surface area contributed by atoms with Gasteiger partial charge in [0.15, 0.2) is 0 Å². The number of aromatic nitrogens is 1. The number of carboxylic acids is 1. The van der Waals surface area contributed by atoms with Crippen LogP contribution in [-0.4, -0.2) is 16.1 Å². The number of hydrogen-bond donors (Lipinski definition) is 1. The van der Waals surface area contributed by atoms with Gasteiger partial charge in [0.25, 0.3) is 6.43 Å². The van der Waals surface area contributed by atoms with Gasteiger partial charge in [-0.3, -0.25) is 4.98 Å². The molecule has 3 aromatic rings. The Kier molecular flexibility index (Phi) is 6.53. The minimum atomic E-state index is -2.89. The number of hydrogen-bond acceptors (Lipinski definition) is 3. The van der Waals surface area contributed by atoms with Gasteiger partial charge in [0.05, 0.1) is 10.5 Å². The summed E-state index contributed by atoms with van der Waals surface area (Å²) in [6.45, 7) is 1.59. The lowest BCUT2D eigenvalue weighted by Gasteiger charge is -2.19. The summed E-state index contributed by atoms with van der Waals surface area (Å²) in [7, 11) is 0. The van der Waals surface area contributed by atoms with E-state index in [9.17, 15) is 18.0 Å². The van der Waals surface area contributed by atoms with Gasteiger partial charge in [0.1, 0.15) is 17.7 Å². The lowest BCUT2D eigenvalue weighted by Crippen LogP contribution is -2.06. The minimum absolute atomic E-state index is 0.0266. The molecule has 1 aromatic heterocycles. The standard InChI is InChI=1S/C21H14Cl2F3NO3/c1-10(18-14(22)4-5-15(24)20(18)23)30-12-3-6-16-13(8-12)19(21(25)26)11(9-27-16)2-7-17(28)29/h2-10,21H,1H3,(H,28,29)/b7-2+/t10-/m0/s1. The number of carbonyl (C=O) groups is 1. The van der Waals surface area contributed by atoms with Crippen molar-refractivity contribution in [1.82, 2.24) is 4.98 Å². The molecule has 0 aliphatic rings. The number of benzene rings is 2. The molecule has 3 rings (SSSR count). The van der Waals surface area contributed by atoms with E-state index >= 15 is 0 Å². The average Bonchev–Trinajstić information content (AvgIpc) is 2.68. The summed E-state index contributed by atoms with van der Waals surface area (Å²) in [6.07, 6.45) is -0.678. The Hall–Kier alpha value is -2.77. The molecule has 0 bridgehead atoms. The number of aliphatic carboxylic acids is 1. The molecule has 30 heavy (non-hydrogen) atoms. The number of halogens is 5. The number of ether oxygens (including phenoxy) is 1. The molecule has 4 nitrogen and oxygen atoms in total. The molecule has 0 unspecified atom stereocenters. The molecule has 0 radical (unpaired) electrons. The summed E-state index contributed by atoms with van der Waals surface area (Å²) in [5.74, 6) is -1.73. The van der Waals surface area contributed by atoms with Crippen molar-refractivity contribution in [2.75, 3.05) is 0 Å². The Balaban J connectivity index is 2.05. The smallest absolute Gasteiger partial charge is 0.328 e. The molecule has 1 atom stereocenters. The van der Waals surface area contributed by atoms with Gasteiger partial charge in [0, 0.05) is 39.4 Å². The minimum Gasteiger partial charge on any atom is -0.486 e. The lowest BCUT2D eigenvalue weighted by atomic mass is 10.0. The first-order valence-electron chi connectivity index (χ1n) is 8.61. The van der Waals surface area contributed by atoms with Crippen LogP contribution in [0.2, 0.25) is 10.0 Å². The van der Waals surface area contributed by atoms with Crippen LogP contribution < -0.4 is 4.74 Å². The van der Waals surface area contributed by atoms with Crippen molar-refractivity contribution in [3.8, 4) is 5.75 Å². The topological polar surface area (TPSA) is 59.4 Å². The Labute approximate surface area is 179 Å². The molecule has 1 heterocycles. The molecule has 1 N–H and O–H groups in total. The van der Waals surface area contributed by atoms with Crippen molar-refractivity contribution >= 4 is 46.2 Å². The van der Waals surface area contributed by atoms with Crippen LogP contribution in [0.4, 0.5) is 13.2 Å². The van der Waals surface area contributed by atoms with E-state index in [1.165, 1.54) is 30.5 Å². The maximum atomic E-state index is 13.8. The number of pyridine rings is 1. The van der Waals surface area contributed by atoms with Gasteiger partial charge in [-0.2, -0.15) is 0 Å². The van der Waals surface area contributed by atoms with Crippen molar-refractivity contribution in [1.29, 1.82) is 0 Å². The van der Waals surface area contributed by atoms with Crippen molar-refractivity contribution in [2.24, 2.45) is 0 Å². The summed E-state index contributed by atoms with van der Waals surface area (Å²) in [6, 6.07) is 6.85. The van der Waals surface area contributed by atoms with Crippen LogP contribution in [0.5, 0.6) is 5.75 Å². The van der Waals surface area contributed by atoms with Crippen molar-refractivity contribution in [3.63, 3.8) is 0 Å². The maximum Gasteiger partial charge on any atom is 0.328 e. The first-order valence-corrected chi connectivity index (χ1v) is 9.36. The highest BCUT2D eigenvalue weighted by atomic mass is 35.5. The summed E-state index contributed by atoms with van der Waals surface area (Å²) in [4.78, 5) is 14.8. The fourth-order valence-corrected chi connectivity index (χ4v) is 3.67. The predicted molar refractivity (Wildman–Crippen MR) is 109 cm³/mol. The summed E-state index contributed by atoms with van der Waals surface area (Å²) < 4.78 is 47.1. The molecule has 0 amide bonds. The van der Waals surface area contributed by atoms with Gasteiger partial charge in [-0.15, -0.1) is 0 Å². The van der Waals surface area contributed by atoms with Crippen LogP contribution in [0.1, 0.15) is 36.1 Å². The number of fused-ring (bicyclic) bond motifs is 1. The zero-order chi connectivity index (χ0) is 22.0. The van der Waals surface area contributed by atoms with E-state index in [-0.39, 0.29) is 43.4 Å². The second kappa shape index (κ2) is 8.93. The molecule has 0 aliphatic carbocycles. The van der Waals surface area contributed by atoms with Crippen LogP contribution in [0, 0.1) is 5.82 Å². The Bertz CT molecular complexity index is 1150. The average molecular weight is 456 g/mol. The highest BCUT2D eigenvalue weighted by Gasteiger charge is 2.21. The first-order chi connectivity index (χ1) is 14.2. The molecule has 0 fully saturated rings. The molecular weight excluding hydrogens is 442 g/mol. The summed E-state index contributed by atoms with van der Waals surface area (Å²) >= 11 is 12.1. The van der Waals surface area contributed by atoms with E-state index in [0.717, 1.165) is 18.2 Å². The molecule has 0 saturated heterocycles. The highest BCUT2D eigenvalue weighted by molar-refractivity contribution is 6.36. The zero-order valence-corrected chi connectivity index (χ0v) is 16.9. The number of rotatable bonds is 6. The normalized spacial score (nSPS) is 12.6. The van der Waals surface area contributed by atoms with E-state index < -0.39 is 24.3 Å². The van der Waals surface area contributed by atoms with E-state index in [4.69, 9.17) is 33.0 Å². The Morgan fingerprint density at radius 3 is 2.60 bits per heavy atom. The molecule has 0 saturated carbocycles. The molecule has 9 heteroatoms. The van der Waals surface area contributed by atoms with E-state index in [1.807, 2.05) is 0 Å². The van der Waals surface area contributed by atoms with E-state index in [0.29, 0.717) is 0 Å². The Morgan fingerprint density at radius 1 is 1.20 bits per heavy atom. The molecule has 156 valence electrons. The quantitative estimate of drug-likeness (QED) is 0.325. The Morgan fingerprint density at radius 2 is 1.93 bits per heavy atom. The summed E-state index contributed by atoms with van der Waals surface area (Å²) in [5.41, 5.74) is 0.0992. The second-order valence-corrected chi connectivity index (χ2v) is 7.08. The fourth-order valence-electron chi connectivity index (χ4n) is 3.00. The van der Waals surface area contributed by atoms with Gasteiger partial charge in [0.2, 0.25) is 0 Å². The van der Waals surface area contributed by atoms with Crippen LogP contribution in [0.3, 0.4) is 0 Å². The third-order valence-electron chi connectivity index (χ3n) is 4.33. The van der Waals surface area contributed by atoms with Crippen molar-refractivity contribution in [2.45, 2.75) is 19.5 Å². The van der Waals surface area contributed by atoms with Crippen LogP contribution in [-0.2, 0) is 4.79 Å². The molecule has 0 aliphatic heterocycles. The maximum absolute atomic E-state index is 13.8. The number of alkyl halides is 2. The van der Waals surface area contributed by atoms with Crippen molar-refractivity contribution in [3.05, 3.63) is 75.2 Å². The van der Waals surface area contributed by atoms with Crippen LogP contribution in [0.15, 0.2) is 42.6 Å². The SMILES string of the molecule is C[C@H](Oc1ccc2ncc(/C=C/C(=O)O)c(C(F)F)c2c1)c1c(Cl)ccc(F)c1Cl. The van der Waals surface area contributed by atoms with Gasteiger partial charge in [-0.1, -0.05) is 23.2 Å². The number of nitrogens with zero attached hydrogens (tertiary/aromatic N) is 1. The lowest BCUT2D eigenvalue weighted by molar-refractivity contribution is -0.131. The third-order valence-corrected chi connectivity index (χ3v) is 5.05. The largest absolute Gasteiger partial charge is 0.486 e. The highest BCUT2D eigenvalue weighted by Crippen LogP contribution is 2.37.